The Balaban J connectivity index is 3.09. The molecule has 1 aromatic rings. The van der Waals surface area contributed by atoms with Gasteiger partial charge in [0.05, 0.1) is 0 Å². The molecule has 1 rings (SSSR count). The molecule has 0 aliphatic rings. The number of carbonyl (C=O) groups is 3. The van der Waals surface area contributed by atoms with Crippen LogP contribution in [0.15, 0.2) is 18.2 Å². The van der Waals surface area contributed by atoms with Gasteiger partial charge < -0.3 is 15.0 Å². The number of benzene rings is 1. The molecule has 17 heavy (non-hydrogen) atoms. The topological polar surface area (TPSA) is 91.7 Å². The second-order valence-electron chi connectivity index (χ2n) is 3.53. The van der Waals surface area contributed by atoms with Gasteiger partial charge in [0.2, 0.25) is 0 Å². The van der Waals surface area contributed by atoms with Crippen molar-refractivity contribution in [3.05, 3.63) is 34.9 Å². The number of hydrogen-bond donors (Lipinski definition) is 2. The molecule has 0 bridgehead atoms. The predicted molar refractivity (Wildman–Crippen MR) is 58.8 cm³/mol. The first-order valence-corrected chi connectivity index (χ1v) is 5.02. The van der Waals surface area contributed by atoms with Crippen LogP contribution in [-0.2, 0) is 16.0 Å². The van der Waals surface area contributed by atoms with E-state index >= 15 is 0 Å². The third kappa shape index (κ3) is 3.22. The van der Waals surface area contributed by atoms with Crippen molar-refractivity contribution < 1.29 is 24.6 Å². The van der Waals surface area contributed by atoms with Crippen molar-refractivity contribution in [1.29, 1.82) is 0 Å². The quantitative estimate of drug-likeness (QED) is 0.711. The molecule has 0 radical (unpaired) electrons. The van der Waals surface area contributed by atoms with Crippen LogP contribution in [0.5, 0.6) is 0 Å². The summed E-state index contributed by atoms with van der Waals surface area (Å²) in [7, 11) is 0. The SMILES string of the molecule is O=CCCc1ccc(C=O)c(C(O)C(=O)O)c1. The maximum Gasteiger partial charge on any atom is 0.337 e. The summed E-state index contributed by atoms with van der Waals surface area (Å²) in [6, 6.07) is 4.51. The molecule has 0 fully saturated rings. The lowest BCUT2D eigenvalue weighted by molar-refractivity contribution is -0.147. The molecular formula is C12H12O5. The number of carboxylic acids is 1. The zero-order chi connectivity index (χ0) is 12.8. The number of carboxylic acid groups (broad SMARTS) is 1. The van der Waals surface area contributed by atoms with Crippen LogP contribution in [0.1, 0.15) is 34.0 Å². The number of aliphatic carboxylic acids is 1. The summed E-state index contributed by atoms with van der Waals surface area (Å²) in [5, 5.41) is 18.1. The molecule has 90 valence electrons. The number of aryl methyl sites for hydroxylation is 1. The van der Waals surface area contributed by atoms with Gasteiger partial charge in [-0.3, -0.25) is 4.79 Å². The van der Waals surface area contributed by atoms with Gasteiger partial charge in [-0.2, -0.15) is 0 Å². The second-order valence-corrected chi connectivity index (χ2v) is 3.53. The van der Waals surface area contributed by atoms with E-state index in [4.69, 9.17) is 5.11 Å². The van der Waals surface area contributed by atoms with Crippen LogP contribution >= 0.6 is 0 Å². The number of aliphatic hydroxyl groups excluding tert-OH is 1. The summed E-state index contributed by atoms with van der Waals surface area (Å²) in [6.07, 6.45) is 0.267. The standard InChI is InChI=1S/C12H12O5/c13-5-1-2-8-3-4-9(7-14)10(6-8)11(15)12(16)17/h3-7,11,15H,1-2H2,(H,16,17). The molecule has 2 N–H and O–H groups in total. The molecule has 0 saturated carbocycles. The molecule has 0 heterocycles. The molecule has 0 amide bonds. The van der Waals surface area contributed by atoms with E-state index in [1.807, 2.05) is 0 Å². The molecule has 0 aromatic heterocycles. The van der Waals surface area contributed by atoms with Crippen molar-refractivity contribution >= 4 is 18.5 Å². The Labute approximate surface area is 97.7 Å². The smallest absolute Gasteiger partial charge is 0.337 e. The molecular weight excluding hydrogens is 224 g/mol. The molecule has 0 spiro atoms. The number of aliphatic hydroxyl groups is 1. The van der Waals surface area contributed by atoms with Crippen molar-refractivity contribution in [3.8, 4) is 0 Å². The molecule has 5 nitrogen and oxygen atoms in total. The molecule has 0 aliphatic heterocycles. The molecule has 1 unspecified atom stereocenters. The van der Waals surface area contributed by atoms with Crippen molar-refractivity contribution in [2.45, 2.75) is 18.9 Å². The largest absolute Gasteiger partial charge is 0.479 e. The summed E-state index contributed by atoms with van der Waals surface area (Å²) >= 11 is 0. The van der Waals surface area contributed by atoms with Gasteiger partial charge in [0, 0.05) is 17.5 Å². The van der Waals surface area contributed by atoms with E-state index in [-0.39, 0.29) is 11.1 Å². The Morgan fingerprint density at radius 3 is 2.59 bits per heavy atom. The second kappa shape index (κ2) is 5.91. The third-order valence-electron chi connectivity index (χ3n) is 2.36. The average molecular weight is 236 g/mol. The third-order valence-corrected chi connectivity index (χ3v) is 2.36. The summed E-state index contributed by atoms with van der Waals surface area (Å²) in [4.78, 5) is 31.6. The Kier molecular flexibility index (Phi) is 4.54. The normalized spacial score (nSPS) is 11.8. The molecule has 0 aliphatic carbocycles. The minimum absolute atomic E-state index is 0.0518. The fourth-order valence-corrected chi connectivity index (χ4v) is 1.48. The lowest BCUT2D eigenvalue weighted by Crippen LogP contribution is -2.13. The van der Waals surface area contributed by atoms with Crippen molar-refractivity contribution in [2.75, 3.05) is 0 Å². The van der Waals surface area contributed by atoms with Gasteiger partial charge in [-0.05, 0) is 12.0 Å². The van der Waals surface area contributed by atoms with Crippen molar-refractivity contribution in [3.63, 3.8) is 0 Å². The van der Waals surface area contributed by atoms with Gasteiger partial charge in [-0.15, -0.1) is 0 Å². The maximum atomic E-state index is 10.7. The highest BCUT2D eigenvalue weighted by molar-refractivity contribution is 5.83. The highest BCUT2D eigenvalue weighted by Gasteiger charge is 2.19. The van der Waals surface area contributed by atoms with Crippen LogP contribution in [0.2, 0.25) is 0 Å². The predicted octanol–water partition coefficient (Wildman–Crippen LogP) is 0.749. The fourth-order valence-electron chi connectivity index (χ4n) is 1.48. The fraction of sp³-hybridized carbons (Fsp3) is 0.250. The molecule has 1 atom stereocenters. The van der Waals surface area contributed by atoms with Crippen LogP contribution in [0.3, 0.4) is 0 Å². The van der Waals surface area contributed by atoms with Gasteiger partial charge in [-0.1, -0.05) is 18.2 Å². The van der Waals surface area contributed by atoms with Crippen LogP contribution in [-0.4, -0.2) is 28.8 Å². The van der Waals surface area contributed by atoms with Gasteiger partial charge >= 0.3 is 5.97 Å². The first-order valence-electron chi connectivity index (χ1n) is 5.02. The van der Waals surface area contributed by atoms with Crippen LogP contribution in [0.4, 0.5) is 0 Å². The van der Waals surface area contributed by atoms with Crippen LogP contribution in [0.25, 0.3) is 0 Å². The first kappa shape index (κ1) is 13.1. The summed E-state index contributed by atoms with van der Waals surface area (Å²) < 4.78 is 0. The number of aldehydes is 2. The Hall–Kier alpha value is -2.01. The van der Waals surface area contributed by atoms with E-state index < -0.39 is 12.1 Å². The van der Waals surface area contributed by atoms with Gasteiger partial charge in [0.1, 0.15) is 12.6 Å². The molecule has 1 aromatic carbocycles. The Bertz CT molecular complexity index is 439. The van der Waals surface area contributed by atoms with E-state index in [1.54, 1.807) is 6.07 Å². The first-order chi connectivity index (χ1) is 8.10. The molecule has 0 saturated heterocycles. The highest BCUT2D eigenvalue weighted by atomic mass is 16.4. The van der Waals surface area contributed by atoms with Crippen LogP contribution < -0.4 is 0 Å². The zero-order valence-electron chi connectivity index (χ0n) is 9.00. The monoisotopic (exact) mass is 236 g/mol. The lowest BCUT2D eigenvalue weighted by atomic mass is 9.98. The maximum absolute atomic E-state index is 10.7. The summed E-state index contributed by atoms with van der Waals surface area (Å²) in [5.74, 6) is -1.42. The highest BCUT2D eigenvalue weighted by Crippen LogP contribution is 2.19. The Morgan fingerprint density at radius 1 is 1.35 bits per heavy atom. The minimum Gasteiger partial charge on any atom is -0.479 e. The van der Waals surface area contributed by atoms with E-state index in [1.165, 1.54) is 12.1 Å². The van der Waals surface area contributed by atoms with Crippen LogP contribution in [0, 0.1) is 0 Å². The average Bonchev–Trinajstić information content (AvgIpc) is 2.34. The lowest BCUT2D eigenvalue weighted by Gasteiger charge is -2.10. The van der Waals surface area contributed by atoms with Gasteiger partial charge in [-0.25, -0.2) is 4.79 Å². The van der Waals surface area contributed by atoms with E-state index in [0.717, 1.165) is 6.29 Å². The van der Waals surface area contributed by atoms with E-state index in [2.05, 4.69) is 0 Å². The Morgan fingerprint density at radius 2 is 2.06 bits per heavy atom. The minimum atomic E-state index is -1.73. The number of carbonyl (C=O) groups excluding carboxylic acids is 2. The summed E-state index contributed by atoms with van der Waals surface area (Å²) in [5.41, 5.74) is 0.892. The van der Waals surface area contributed by atoms with E-state index in [9.17, 15) is 19.5 Å². The van der Waals surface area contributed by atoms with Crippen molar-refractivity contribution in [2.24, 2.45) is 0 Å². The summed E-state index contributed by atoms with van der Waals surface area (Å²) in [6.45, 7) is 0. The van der Waals surface area contributed by atoms with E-state index in [0.29, 0.717) is 24.7 Å². The number of rotatable bonds is 6. The van der Waals surface area contributed by atoms with Gasteiger partial charge in [0.25, 0.3) is 0 Å². The zero-order valence-corrected chi connectivity index (χ0v) is 9.00. The van der Waals surface area contributed by atoms with Crippen molar-refractivity contribution in [1.82, 2.24) is 0 Å². The number of hydrogen-bond acceptors (Lipinski definition) is 4. The molecule has 5 heteroatoms. The van der Waals surface area contributed by atoms with Gasteiger partial charge in [0.15, 0.2) is 6.10 Å².